The summed E-state index contributed by atoms with van der Waals surface area (Å²) in [5.41, 5.74) is 1.32. The minimum Gasteiger partial charge on any atom is -0.452 e. The van der Waals surface area contributed by atoms with Gasteiger partial charge in [-0.3, -0.25) is 4.79 Å². The fourth-order valence-corrected chi connectivity index (χ4v) is 2.16. The first kappa shape index (κ1) is 13.2. The van der Waals surface area contributed by atoms with Crippen LogP contribution in [0.3, 0.4) is 0 Å². The Kier molecular flexibility index (Phi) is 3.80. The Balaban J connectivity index is 2.31. The first-order valence-corrected chi connectivity index (χ1v) is 5.99. The first-order chi connectivity index (χ1) is 8.49. The summed E-state index contributed by atoms with van der Waals surface area (Å²) < 4.78 is 4.84. The van der Waals surface area contributed by atoms with Gasteiger partial charge in [-0.2, -0.15) is 0 Å². The second-order valence-corrected chi connectivity index (χ2v) is 4.58. The maximum absolute atomic E-state index is 11.9. The zero-order chi connectivity index (χ0) is 13.3. The van der Waals surface area contributed by atoms with Crippen molar-refractivity contribution in [1.29, 1.82) is 0 Å². The van der Waals surface area contributed by atoms with E-state index in [1.807, 2.05) is 0 Å². The summed E-state index contributed by atoms with van der Waals surface area (Å²) in [6, 6.07) is 3.06. The topological polar surface area (TPSA) is 55.1 Å². The number of pyridine rings is 1. The quantitative estimate of drug-likeness (QED) is 0.846. The zero-order valence-electron chi connectivity index (χ0n) is 9.13. The van der Waals surface area contributed by atoms with Crippen molar-refractivity contribution in [2.24, 2.45) is 0 Å². The maximum atomic E-state index is 11.9. The van der Waals surface area contributed by atoms with Crippen molar-refractivity contribution in [1.82, 2.24) is 4.98 Å². The molecule has 2 aromatic heterocycles. The van der Waals surface area contributed by atoms with Gasteiger partial charge < -0.3 is 9.73 Å². The molecule has 7 heteroatoms. The average Bonchev–Trinajstić information content (AvgIpc) is 2.69. The van der Waals surface area contributed by atoms with Gasteiger partial charge in [0.15, 0.2) is 5.15 Å². The van der Waals surface area contributed by atoms with Gasteiger partial charge in [0.2, 0.25) is 5.22 Å². The van der Waals surface area contributed by atoms with E-state index in [-0.39, 0.29) is 21.1 Å². The third-order valence-electron chi connectivity index (χ3n) is 2.24. The van der Waals surface area contributed by atoms with E-state index in [0.717, 1.165) is 0 Å². The lowest BCUT2D eigenvalue weighted by Gasteiger charge is -2.09. The Bertz CT molecular complexity index is 587. The highest BCUT2D eigenvalue weighted by molar-refractivity contribution is 6.35. The van der Waals surface area contributed by atoms with Gasteiger partial charge in [-0.25, -0.2) is 4.98 Å². The number of amides is 1. The number of furan rings is 1. The Morgan fingerprint density at radius 2 is 2.11 bits per heavy atom. The smallest absolute Gasteiger partial charge is 0.260 e. The van der Waals surface area contributed by atoms with Crippen LogP contribution in [0.15, 0.2) is 22.8 Å². The number of aryl methyl sites for hydroxylation is 1. The van der Waals surface area contributed by atoms with E-state index in [4.69, 9.17) is 39.2 Å². The zero-order valence-corrected chi connectivity index (χ0v) is 11.4. The van der Waals surface area contributed by atoms with Crippen LogP contribution in [0.25, 0.3) is 0 Å². The summed E-state index contributed by atoms with van der Waals surface area (Å²) in [7, 11) is 0. The molecule has 2 aromatic rings. The Hall–Kier alpha value is -1.23. The van der Waals surface area contributed by atoms with Gasteiger partial charge in [-0.05, 0) is 36.2 Å². The standard InChI is InChI=1S/C11H7Cl3N2O2/c1-5-4-7(12)15-9(13)8(5)16-11(17)6-2-3-18-10(6)14/h2-4H,1H3,(H,16,17). The number of aromatic nitrogens is 1. The number of hydrogen-bond acceptors (Lipinski definition) is 3. The molecule has 0 unspecified atom stereocenters. The summed E-state index contributed by atoms with van der Waals surface area (Å²) in [5.74, 6) is -0.428. The van der Waals surface area contributed by atoms with Crippen LogP contribution in [0.1, 0.15) is 15.9 Å². The molecule has 0 aliphatic rings. The average molecular weight is 306 g/mol. The summed E-state index contributed by atoms with van der Waals surface area (Å²) in [6.45, 7) is 1.76. The molecule has 1 amide bonds. The molecule has 0 saturated heterocycles. The molecule has 0 spiro atoms. The van der Waals surface area contributed by atoms with E-state index < -0.39 is 5.91 Å². The molecule has 0 aromatic carbocycles. The second kappa shape index (κ2) is 5.18. The van der Waals surface area contributed by atoms with Gasteiger partial charge >= 0.3 is 0 Å². The number of nitrogens with zero attached hydrogens (tertiary/aromatic N) is 1. The highest BCUT2D eigenvalue weighted by Crippen LogP contribution is 2.27. The van der Waals surface area contributed by atoms with Gasteiger partial charge in [0.25, 0.3) is 5.91 Å². The van der Waals surface area contributed by atoms with Crippen LogP contribution >= 0.6 is 34.8 Å². The van der Waals surface area contributed by atoms with Gasteiger partial charge in [-0.1, -0.05) is 23.2 Å². The molecule has 0 fully saturated rings. The third-order valence-corrected chi connectivity index (χ3v) is 3.00. The highest BCUT2D eigenvalue weighted by Gasteiger charge is 2.16. The first-order valence-electron chi connectivity index (χ1n) is 4.86. The van der Waals surface area contributed by atoms with Crippen molar-refractivity contribution < 1.29 is 9.21 Å². The molecule has 94 valence electrons. The summed E-state index contributed by atoms with van der Waals surface area (Å²) in [6.07, 6.45) is 1.33. The molecular formula is C11H7Cl3N2O2. The third kappa shape index (κ3) is 2.61. The number of hydrogen-bond donors (Lipinski definition) is 1. The van der Waals surface area contributed by atoms with E-state index >= 15 is 0 Å². The molecule has 0 saturated carbocycles. The summed E-state index contributed by atoms with van der Waals surface area (Å²) in [5, 5.41) is 3.01. The minimum absolute atomic E-state index is 0.0169. The Morgan fingerprint density at radius 3 is 2.67 bits per heavy atom. The number of anilines is 1. The van der Waals surface area contributed by atoms with E-state index in [9.17, 15) is 4.79 Å². The molecule has 1 N–H and O–H groups in total. The fourth-order valence-electron chi connectivity index (χ4n) is 1.38. The second-order valence-electron chi connectivity index (χ2n) is 3.49. The number of nitrogens with one attached hydrogen (secondary N) is 1. The molecule has 2 rings (SSSR count). The molecule has 0 radical (unpaired) electrons. The normalized spacial score (nSPS) is 10.4. The van der Waals surface area contributed by atoms with Gasteiger partial charge in [0.05, 0.1) is 17.5 Å². The fraction of sp³-hybridized carbons (Fsp3) is 0.0909. The summed E-state index contributed by atoms with van der Waals surface area (Å²) >= 11 is 17.4. The number of halogens is 3. The lowest BCUT2D eigenvalue weighted by Crippen LogP contribution is -2.13. The van der Waals surface area contributed by atoms with E-state index in [2.05, 4.69) is 10.3 Å². The molecule has 0 aliphatic carbocycles. The molecule has 2 heterocycles. The summed E-state index contributed by atoms with van der Waals surface area (Å²) in [4.78, 5) is 15.8. The van der Waals surface area contributed by atoms with Crippen LogP contribution in [0.5, 0.6) is 0 Å². The Morgan fingerprint density at radius 1 is 1.39 bits per heavy atom. The molecule has 18 heavy (non-hydrogen) atoms. The highest BCUT2D eigenvalue weighted by atomic mass is 35.5. The molecule has 0 bridgehead atoms. The van der Waals surface area contributed by atoms with Crippen LogP contribution < -0.4 is 5.32 Å². The number of carbonyl (C=O) groups excluding carboxylic acids is 1. The van der Waals surface area contributed by atoms with Crippen LogP contribution in [-0.2, 0) is 0 Å². The predicted molar refractivity (Wildman–Crippen MR) is 70.7 cm³/mol. The van der Waals surface area contributed by atoms with Crippen molar-refractivity contribution in [2.45, 2.75) is 6.92 Å². The SMILES string of the molecule is Cc1cc(Cl)nc(Cl)c1NC(=O)c1ccoc1Cl. The van der Waals surface area contributed by atoms with E-state index in [1.165, 1.54) is 12.3 Å². The van der Waals surface area contributed by atoms with Crippen molar-refractivity contribution in [2.75, 3.05) is 5.32 Å². The maximum Gasteiger partial charge on any atom is 0.260 e. The molecule has 4 nitrogen and oxygen atoms in total. The molecule has 0 atom stereocenters. The largest absolute Gasteiger partial charge is 0.452 e. The monoisotopic (exact) mass is 304 g/mol. The van der Waals surface area contributed by atoms with Gasteiger partial charge in [0.1, 0.15) is 5.15 Å². The molecular weight excluding hydrogens is 298 g/mol. The van der Waals surface area contributed by atoms with E-state index in [0.29, 0.717) is 11.3 Å². The van der Waals surface area contributed by atoms with Crippen LogP contribution in [0.4, 0.5) is 5.69 Å². The van der Waals surface area contributed by atoms with Gasteiger partial charge in [-0.15, -0.1) is 0 Å². The van der Waals surface area contributed by atoms with Crippen molar-refractivity contribution >= 4 is 46.4 Å². The van der Waals surface area contributed by atoms with Crippen LogP contribution in [0.2, 0.25) is 15.5 Å². The minimum atomic E-state index is -0.428. The van der Waals surface area contributed by atoms with Crippen molar-refractivity contribution in [3.63, 3.8) is 0 Å². The van der Waals surface area contributed by atoms with Crippen molar-refractivity contribution in [3.05, 3.63) is 45.0 Å². The van der Waals surface area contributed by atoms with Crippen LogP contribution in [-0.4, -0.2) is 10.9 Å². The predicted octanol–water partition coefficient (Wildman–Crippen LogP) is 4.20. The Labute approximate surface area is 118 Å². The lowest BCUT2D eigenvalue weighted by atomic mass is 10.2. The lowest BCUT2D eigenvalue weighted by molar-refractivity contribution is 0.102. The molecule has 0 aliphatic heterocycles. The van der Waals surface area contributed by atoms with Crippen LogP contribution in [0, 0.1) is 6.92 Å². The number of rotatable bonds is 2. The van der Waals surface area contributed by atoms with Gasteiger partial charge in [0, 0.05) is 0 Å². The van der Waals surface area contributed by atoms with Crippen molar-refractivity contribution in [3.8, 4) is 0 Å². The van der Waals surface area contributed by atoms with E-state index in [1.54, 1.807) is 13.0 Å². The number of carbonyl (C=O) groups is 1.